The Morgan fingerprint density at radius 1 is 1.45 bits per heavy atom. The second kappa shape index (κ2) is 5.94. The van der Waals surface area contributed by atoms with Crippen LogP contribution in [0.15, 0.2) is 23.9 Å². The van der Waals surface area contributed by atoms with Gasteiger partial charge in [-0.2, -0.15) is 0 Å². The van der Waals surface area contributed by atoms with Gasteiger partial charge in [-0.3, -0.25) is 4.79 Å². The van der Waals surface area contributed by atoms with Gasteiger partial charge in [0.2, 0.25) is 0 Å². The summed E-state index contributed by atoms with van der Waals surface area (Å²) in [5, 5.41) is 0. The highest BCUT2D eigenvalue weighted by atomic mass is 16.5. The fourth-order valence-electron chi connectivity index (χ4n) is 2.60. The number of carbonyl (C=O) groups excluding carboxylic acids is 2. The lowest BCUT2D eigenvalue weighted by Crippen LogP contribution is -2.29. The van der Waals surface area contributed by atoms with Crippen LogP contribution in [0.5, 0.6) is 0 Å². The van der Waals surface area contributed by atoms with Gasteiger partial charge in [0.15, 0.2) is 6.29 Å². The van der Waals surface area contributed by atoms with Crippen LogP contribution < -0.4 is 0 Å². The minimum absolute atomic E-state index is 0.106. The van der Waals surface area contributed by atoms with Crippen LogP contribution in [0.3, 0.4) is 0 Å². The number of aromatic nitrogens is 1. The zero-order valence-electron chi connectivity index (χ0n) is 12.1. The van der Waals surface area contributed by atoms with E-state index < -0.39 is 0 Å². The van der Waals surface area contributed by atoms with E-state index in [9.17, 15) is 9.59 Å². The number of hydrogen-bond donors (Lipinski definition) is 0. The Morgan fingerprint density at radius 3 is 2.80 bits per heavy atom. The molecule has 0 N–H and O–H groups in total. The molecule has 0 saturated carbocycles. The molecule has 2 heterocycles. The zero-order valence-corrected chi connectivity index (χ0v) is 12.1. The zero-order chi connectivity index (χ0) is 14.7. The van der Waals surface area contributed by atoms with Crippen LogP contribution in [-0.4, -0.2) is 41.9 Å². The van der Waals surface area contributed by atoms with E-state index in [1.165, 1.54) is 7.11 Å². The van der Waals surface area contributed by atoms with Gasteiger partial charge in [-0.25, -0.2) is 4.79 Å². The quantitative estimate of drug-likeness (QED) is 0.624. The number of aldehydes is 1. The molecule has 0 amide bonds. The van der Waals surface area contributed by atoms with E-state index in [4.69, 9.17) is 4.74 Å². The normalized spacial score (nSPS) is 21.2. The van der Waals surface area contributed by atoms with Crippen molar-refractivity contribution in [2.45, 2.75) is 26.3 Å². The molecular weight excluding hydrogens is 256 g/mol. The molecule has 0 aliphatic carbocycles. The lowest BCUT2D eigenvalue weighted by molar-refractivity contribution is -0.136. The van der Waals surface area contributed by atoms with Gasteiger partial charge in [-0.1, -0.05) is 6.92 Å². The molecule has 1 aliphatic heterocycles. The lowest BCUT2D eigenvalue weighted by Gasteiger charge is -2.27. The summed E-state index contributed by atoms with van der Waals surface area (Å²) in [7, 11) is 1.39. The van der Waals surface area contributed by atoms with Crippen molar-refractivity contribution in [1.82, 2.24) is 9.47 Å². The predicted molar refractivity (Wildman–Crippen MR) is 75.6 cm³/mol. The smallest absolute Gasteiger partial charge is 0.335 e. The van der Waals surface area contributed by atoms with Gasteiger partial charge in [-0.05, 0) is 19.1 Å². The topological polar surface area (TPSA) is 51.5 Å². The van der Waals surface area contributed by atoms with Gasteiger partial charge in [0.05, 0.1) is 18.4 Å². The molecule has 0 saturated heterocycles. The van der Waals surface area contributed by atoms with Crippen LogP contribution in [0.2, 0.25) is 0 Å². The van der Waals surface area contributed by atoms with E-state index in [2.05, 4.69) is 4.90 Å². The molecule has 108 valence electrons. The Kier molecular flexibility index (Phi) is 4.27. The Balaban J connectivity index is 2.50. The molecule has 0 radical (unpaired) electrons. The highest BCUT2D eigenvalue weighted by Crippen LogP contribution is 2.28. The van der Waals surface area contributed by atoms with Gasteiger partial charge >= 0.3 is 5.97 Å². The average Bonchev–Trinajstić information content (AvgIpc) is 2.87. The van der Waals surface area contributed by atoms with Crippen LogP contribution in [0.25, 0.3) is 0 Å². The van der Waals surface area contributed by atoms with Gasteiger partial charge in [0.25, 0.3) is 0 Å². The molecule has 0 bridgehead atoms. The summed E-state index contributed by atoms with van der Waals surface area (Å²) in [5.41, 5.74) is 2.24. The maximum absolute atomic E-state index is 12.0. The van der Waals surface area contributed by atoms with Crippen molar-refractivity contribution < 1.29 is 14.3 Å². The Hall–Kier alpha value is -2.04. The highest BCUT2D eigenvalue weighted by molar-refractivity contribution is 5.90. The molecule has 1 aromatic heterocycles. The van der Waals surface area contributed by atoms with Crippen LogP contribution in [0, 0.1) is 0 Å². The van der Waals surface area contributed by atoms with Crippen molar-refractivity contribution in [1.29, 1.82) is 0 Å². The standard InChI is InChI=1S/C15H20N2O3/c1-4-16-7-8-17-12(10-18)5-6-14(17)11(2)13(9-16)15(19)20-3/h5-6,9-11H,4,7-8H2,1-3H3/b13-9+. The molecule has 5 heteroatoms. The number of rotatable bonds is 3. The number of likely N-dealkylation sites (N-methyl/N-ethyl adjacent to an activating group) is 1. The SMILES string of the molecule is CCN1/C=C(/C(=O)OC)C(C)c2ccc(C=O)n2CC1. The number of esters is 1. The number of carbonyl (C=O) groups is 2. The van der Waals surface area contributed by atoms with Gasteiger partial charge in [-0.15, -0.1) is 0 Å². The molecule has 2 rings (SSSR count). The number of methoxy groups -OCH3 is 1. The molecule has 1 aliphatic rings. The van der Waals surface area contributed by atoms with E-state index >= 15 is 0 Å². The third kappa shape index (κ3) is 2.48. The first-order valence-corrected chi connectivity index (χ1v) is 6.81. The summed E-state index contributed by atoms with van der Waals surface area (Å²) < 4.78 is 6.87. The second-order valence-corrected chi connectivity index (χ2v) is 4.88. The van der Waals surface area contributed by atoms with E-state index in [1.54, 1.807) is 6.07 Å². The molecule has 0 spiro atoms. The van der Waals surface area contributed by atoms with Crippen LogP contribution in [-0.2, 0) is 16.1 Å². The van der Waals surface area contributed by atoms with Crippen LogP contribution in [0.1, 0.15) is 35.9 Å². The minimum Gasteiger partial charge on any atom is -0.466 e. The number of fused-ring (bicyclic) bond motifs is 1. The summed E-state index contributed by atoms with van der Waals surface area (Å²) in [6, 6.07) is 3.71. The van der Waals surface area contributed by atoms with Crippen molar-refractivity contribution in [3.63, 3.8) is 0 Å². The number of nitrogens with zero attached hydrogens (tertiary/aromatic N) is 2. The lowest BCUT2D eigenvalue weighted by atomic mass is 9.97. The Labute approximate surface area is 118 Å². The Bertz CT molecular complexity index is 545. The largest absolute Gasteiger partial charge is 0.466 e. The maximum Gasteiger partial charge on any atom is 0.335 e. The van der Waals surface area contributed by atoms with Crippen molar-refractivity contribution in [2.24, 2.45) is 0 Å². The summed E-state index contributed by atoms with van der Waals surface area (Å²) >= 11 is 0. The summed E-state index contributed by atoms with van der Waals surface area (Å²) in [6.07, 6.45) is 2.74. The third-order valence-electron chi connectivity index (χ3n) is 3.84. The highest BCUT2D eigenvalue weighted by Gasteiger charge is 2.25. The van der Waals surface area contributed by atoms with Gasteiger partial charge in [0, 0.05) is 37.4 Å². The first kappa shape index (κ1) is 14.4. The van der Waals surface area contributed by atoms with Gasteiger partial charge in [0.1, 0.15) is 0 Å². The summed E-state index contributed by atoms with van der Waals surface area (Å²) in [6.45, 7) is 6.29. The molecule has 0 fully saturated rings. The van der Waals surface area contributed by atoms with Crippen molar-refractivity contribution in [3.05, 3.63) is 35.3 Å². The number of hydrogen-bond acceptors (Lipinski definition) is 4. The fourth-order valence-corrected chi connectivity index (χ4v) is 2.60. The molecule has 1 unspecified atom stereocenters. The molecule has 20 heavy (non-hydrogen) atoms. The van der Waals surface area contributed by atoms with Crippen molar-refractivity contribution in [2.75, 3.05) is 20.2 Å². The van der Waals surface area contributed by atoms with Gasteiger partial charge < -0.3 is 14.2 Å². The molecule has 1 atom stereocenters. The molecule has 1 aromatic rings. The third-order valence-corrected chi connectivity index (χ3v) is 3.84. The first-order valence-electron chi connectivity index (χ1n) is 6.81. The van der Waals surface area contributed by atoms with Crippen LogP contribution in [0.4, 0.5) is 0 Å². The molecular formula is C15H20N2O3. The monoisotopic (exact) mass is 276 g/mol. The number of ether oxygens (including phenoxy) is 1. The Morgan fingerprint density at radius 2 is 2.20 bits per heavy atom. The predicted octanol–water partition coefficient (Wildman–Crippen LogP) is 1.80. The van der Waals surface area contributed by atoms with E-state index in [1.807, 2.05) is 30.7 Å². The average molecular weight is 276 g/mol. The maximum atomic E-state index is 12.0. The van der Waals surface area contributed by atoms with Crippen LogP contribution >= 0.6 is 0 Å². The van der Waals surface area contributed by atoms with E-state index in [-0.39, 0.29) is 11.9 Å². The van der Waals surface area contributed by atoms with Crippen molar-refractivity contribution in [3.8, 4) is 0 Å². The summed E-state index contributed by atoms with van der Waals surface area (Å²) in [4.78, 5) is 25.2. The molecule has 0 aromatic carbocycles. The first-order chi connectivity index (χ1) is 9.62. The fraction of sp³-hybridized carbons (Fsp3) is 0.467. The van der Waals surface area contributed by atoms with E-state index in [0.717, 1.165) is 31.6 Å². The molecule has 5 nitrogen and oxygen atoms in total. The second-order valence-electron chi connectivity index (χ2n) is 4.88. The summed E-state index contributed by atoms with van der Waals surface area (Å²) in [5.74, 6) is -0.427. The minimum atomic E-state index is -0.321. The van der Waals surface area contributed by atoms with E-state index in [0.29, 0.717) is 11.3 Å². The van der Waals surface area contributed by atoms with Crippen molar-refractivity contribution >= 4 is 12.3 Å².